The summed E-state index contributed by atoms with van der Waals surface area (Å²) in [5.41, 5.74) is 1.71. The Kier molecular flexibility index (Phi) is 5.52. The lowest BCUT2D eigenvalue weighted by Crippen LogP contribution is -2.33. The third-order valence-corrected chi connectivity index (χ3v) is 4.75. The number of rotatable bonds is 6. The van der Waals surface area contributed by atoms with Gasteiger partial charge in [0.1, 0.15) is 0 Å². The van der Waals surface area contributed by atoms with Gasteiger partial charge in [0.15, 0.2) is 0 Å². The molecule has 2 rings (SSSR count). The number of carbonyl (C=O) groups excluding carboxylic acids is 1. The Bertz CT molecular complexity index is 771. The van der Waals surface area contributed by atoms with Crippen molar-refractivity contribution in [2.24, 2.45) is 0 Å². The number of sulfonamides is 1. The Balaban J connectivity index is 2.01. The van der Waals surface area contributed by atoms with Crippen molar-refractivity contribution in [2.45, 2.75) is 24.7 Å². The molecule has 1 amide bonds. The van der Waals surface area contributed by atoms with E-state index >= 15 is 0 Å². The molecule has 0 saturated carbocycles. The monoisotopic (exact) mass is 332 g/mol. The molecule has 0 unspecified atom stereocenters. The lowest BCUT2D eigenvalue weighted by molar-refractivity contribution is -0.115. The molecule has 122 valence electrons. The van der Waals surface area contributed by atoms with Gasteiger partial charge in [-0.25, -0.2) is 13.1 Å². The molecule has 2 aromatic rings. The van der Waals surface area contributed by atoms with Gasteiger partial charge >= 0.3 is 0 Å². The predicted molar refractivity (Wildman–Crippen MR) is 90.8 cm³/mol. The van der Waals surface area contributed by atoms with Crippen molar-refractivity contribution >= 4 is 21.6 Å². The molecule has 5 nitrogen and oxygen atoms in total. The van der Waals surface area contributed by atoms with Gasteiger partial charge < -0.3 is 5.32 Å². The van der Waals surface area contributed by atoms with Gasteiger partial charge in [-0.05, 0) is 29.7 Å². The summed E-state index contributed by atoms with van der Waals surface area (Å²) in [4.78, 5) is 12.2. The van der Waals surface area contributed by atoms with E-state index in [-0.39, 0.29) is 17.4 Å². The van der Waals surface area contributed by atoms with Crippen molar-refractivity contribution in [1.82, 2.24) is 4.72 Å². The van der Waals surface area contributed by atoms with Crippen LogP contribution in [0.4, 0.5) is 5.69 Å². The second kappa shape index (κ2) is 7.39. The first-order valence-electron chi connectivity index (χ1n) is 7.33. The maximum absolute atomic E-state index is 12.1. The van der Waals surface area contributed by atoms with Gasteiger partial charge in [-0.2, -0.15) is 0 Å². The highest BCUT2D eigenvalue weighted by atomic mass is 32.2. The van der Waals surface area contributed by atoms with Crippen LogP contribution in [0.2, 0.25) is 0 Å². The van der Waals surface area contributed by atoms with Crippen molar-refractivity contribution < 1.29 is 13.2 Å². The molecular weight excluding hydrogens is 312 g/mol. The molecular formula is C17H20N2O3S. The first-order chi connectivity index (χ1) is 10.9. The van der Waals surface area contributed by atoms with Gasteiger partial charge in [0, 0.05) is 5.69 Å². The van der Waals surface area contributed by atoms with E-state index in [9.17, 15) is 13.2 Å². The topological polar surface area (TPSA) is 75.3 Å². The van der Waals surface area contributed by atoms with Crippen LogP contribution in [0.5, 0.6) is 0 Å². The van der Waals surface area contributed by atoms with Crippen LogP contribution in [0.1, 0.15) is 25.3 Å². The molecule has 0 aromatic heterocycles. The second-order valence-corrected chi connectivity index (χ2v) is 7.19. The van der Waals surface area contributed by atoms with Gasteiger partial charge in [0.2, 0.25) is 15.9 Å². The largest absolute Gasteiger partial charge is 0.325 e. The fraction of sp³-hybridized carbons (Fsp3) is 0.235. The van der Waals surface area contributed by atoms with Crippen LogP contribution in [0.25, 0.3) is 0 Å². The third kappa shape index (κ3) is 4.64. The van der Waals surface area contributed by atoms with Gasteiger partial charge in [0.05, 0.1) is 11.4 Å². The van der Waals surface area contributed by atoms with Gasteiger partial charge in [-0.1, -0.05) is 50.2 Å². The van der Waals surface area contributed by atoms with E-state index in [2.05, 4.69) is 10.0 Å². The Labute approximate surface area is 136 Å². The van der Waals surface area contributed by atoms with Crippen LogP contribution in [0, 0.1) is 0 Å². The number of carbonyl (C=O) groups is 1. The quantitative estimate of drug-likeness (QED) is 0.854. The third-order valence-electron chi connectivity index (χ3n) is 3.33. The first-order valence-corrected chi connectivity index (χ1v) is 8.82. The summed E-state index contributed by atoms with van der Waals surface area (Å²) in [7, 11) is -3.68. The molecule has 0 heterocycles. The lowest BCUT2D eigenvalue weighted by Gasteiger charge is -2.14. The zero-order valence-corrected chi connectivity index (χ0v) is 13.9. The van der Waals surface area contributed by atoms with Crippen LogP contribution < -0.4 is 10.0 Å². The van der Waals surface area contributed by atoms with Crippen LogP contribution in [-0.2, 0) is 14.8 Å². The lowest BCUT2D eigenvalue weighted by atomic mass is 10.0. The molecule has 0 spiro atoms. The van der Waals surface area contributed by atoms with Crippen molar-refractivity contribution in [2.75, 3.05) is 11.9 Å². The molecule has 0 atom stereocenters. The number of anilines is 1. The SMILES string of the molecule is CC(C)c1ccccc1NC(=O)CNS(=O)(=O)c1ccccc1. The number of benzene rings is 2. The molecule has 0 radical (unpaired) electrons. The normalized spacial score (nSPS) is 11.4. The zero-order valence-electron chi connectivity index (χ0n) is 13.1. The number of para-hydroxylation sites is 1. The number of amides is 1. The molecule has 6 heteroatoms. The van der Waals surface area contributed by atoms with Crippen LogP contribution in [0.3, 0.4) is 0 Å². The van der Waals surface area contributed by atoms with Gasteiger partial charge in [0.25, 0.3) is 0 Å². The predicted octanol–water partition coefficient (Wildman–Crippen LogP) is 2.73. The molecule has 0 bridgehead atoms. The van der Waals surface area contributed by atoms with Crippen molar-refractivity contribution in [3.8, 4) is 0 Å². The van der Waals surface area contributed by atoms with E-state index in [1.165, 1.54) is 12.1 Å². The Morgan fingerprint density at radius 3 is 2.26 bits per heavy atom. The minimum absolute atomic E-state index is 0.135. The van der Waals surface area contributed by atoms with Crippen LogP contribution in [-0.4, -0.2) is 20.9 Å². The van der Waals surface area contributed by atoms with Crippen LogP contribution in [0.15, 0.2) is 59.5 Å². The minimum Gasteiger partial charge on any atom is -0.325 e. The van der Waals surface area contributed by atoms with E-state index < -0.39 is 15.9 Å². The van der Waals surface area contributed by atoms with Gasteiger partial charge in [-0.3, -0.25) is 4.79 Å². The summed E-state index contributed by atoms with van der Waals surface area (Å²) < 4.78 is 26.5. The molecule has 0 aliphatic rings. The van der Waals surface area contributed by atoms with Crippen molar-refractivity contribution in [3.05, 3.63) is 60.2 Å². The summed E-state index contributed by atoms with van der Waals surface area (Å²) in [5, 5.41) is 2.75. The molecule has 2 aromatic carbocycles. The average Bonchev–Trinajstić information content (AvgIpc) is 2.54. The van der Waals surface area contributed by atoms with E-state index in [0.717, 1.165) is 5.56 Å². The maximum atomic E-state index is 12.1. The van der Waals surface area contributed by atoms with E-state index in [1.807, 2.05) is 32.0 Å². The molecule has 0 fully saturated rings. The van der Waals surface area contributed by atoms with E-state index in [1.54, 1.807) is 24.3 Å². The summed E-state index contributed by atoms with van der Waals surface area (Å²) >= 11 is 0. The smallest absolute Gasteiger partial charge is 0.241 e. The van der Waals surface area contributed by atoms with Crippen molar-refractivity contribution in [3.63, 3.8) is 0 Å². The fourth-order valence-corrected chi connectivity index (χ4v) is 3.16. The maximum Gasteiger partial charge on any atom is 0.241 e. The summed E-state index contributed by atoms with van der Waals surface area (Å²) in [6.45, 7) is 3.75. The molecule has 0 saturated heterocycles. The molecule has 0 aliphatic carbocycles. The van der Waals surface area contributed by atoms with Gasteiger partial charge in [-0.15, -0.1) is 0 Å². The van der Waals surface area contributed by atoms with Crippen molar-refractivity contribution in [1.29, 1.82) is 0 Å². The highest BCUT2D eigenvalue weighted by Crippen LogP contribution is 2.23. The second-order valence-electron chi connectivity index (χ2n) is 5.43. The summed E-state index contributed by atoms with van der Waals surface area (Å²) in [5.74, 6) is -0.148. The zero-order chi connectivity index (χ0) is 16.9. The Morgan fingerprint density at radius 2 is 1.61 bits per heavy atom. The highest BCUT2D eigenvalue weighted by molar-refractivity contribution is 7.89. The Morgan fingerprint density at radius 1 is 1.00 bits per heavy atom. The number of nitrogens with one attached hydrogen (secondary N) is 2. The Hall–Kier alpha value is -2.18. The summed E-state index contributed by atoms with van der Waals surface area (Å²) in [6.07, 6.45) is 0. The number of hydrogen-bond acceptors (Lipinski definition) is 3. The molecule has 23 heavy (non-hydrogen) atoms. The first kappa shape index (κ1) is 17.2. The standard InChI is InChI=1S/C17H20N2O3S/c1-13(2)15-10-6-7-11-16(15)19-17(20)12-18-23(21,22)14-8-4-3-5-9-14/h3-11,13,18H,12H2,1-2H3,(H,19,20). The van der Waals surface area contributed by atoms with Crippen LogP contribution >= 0.6 is 0 Å². The average molecular weight is 332 g/mol. The number of hydrogen-bond donors (Lipinski definition) is 2. The molecule has 2 N–H and O–H groups in total. The molecule has 0 aliphatic heterocycles. The van der Waals surface area contributed by atoms with E-state index in [4.69, 9.17) is 0 Å². The minimum atomic E-state index is -3.68. The fourth-order valence-electron chi connectivity index (χ4n) is 2.15. The van der Waals surface area contributed by atoms with E-state index in [0.29, 0.717) is 5.69 Å². The summed E-state index contributed by atoms with van der Waals surface area (Å²) in [6, 6.07) is 15.4. The highest BCUT2D eigenvalue weighted by Gasteiger charge is 2.15.